The number of amides is 2. The molecule has 5 rings (SSSR count). The summed E-state index contributed by atoms with van der Waals surface area (Å²) in [5, 5.41) is 10.7. The average Bonchev–Trinajstić information content (AvgIpc) is 3.50. The highest BCUT2D eigenvalue weighted by molar-refractivity contribution is 6.36. The zero-order valence-corrected chi connectivity index (χ0v) is 21.9. The van der Waals surface area contributed by atoms with Crippen LogP contribution < -0.4 is 10.6 Å². The van der Waals surface area contributed by atoms with Crippen LogP contribution in [0, 0.1) is 11.6 Å². The van der Waals surface area contributed by atoms with Gasteiger partial charge >= 0.3 is 6.03 Å². The lowest BCUT2D eigenvalue weighted by atomic mass is 9.94. The van der Waals surface area contributed by atoms with Crippen molar-refractivity contribution in [3.63, 3.8) is 0 Å². The number of para-hydroxylation sites is 1. The summed E-state index contributed by atoms with van der Waals surface area (Å²) < 4.78 is 34.4. The standard InChI is InChI=1S/C28H27ClF2N6O2/c1-39-14-13-36-16-20(18-10-11-21(30)22(31)15-18)24(17-36)33-28(38)34-27-25(29)26(23-9-5-6-12-32-23)35-37(27)19-7-3-2-4-8-19/h2-12,15,20,24H,13-14,16-17H2,1H3,(H2,33,34,38). The van der Waals surface area contributed by atoms with Crippen molar-refractivity contribution in [3.05, 3.63) is 95.1 Å². The second-order valence-electron chi connectivity index (χ2n) is 9.21. The molecule has 3 heterocycles. The van der Waals surface area contributed by atoms with Crippen LogP contribution in [0.1, 0.15) is 11.5 Å². The Bertz CT molecular complexity index is 1440. The van der Waals surface area contributed by atoms with Crippen LogP contribution in [0.25, 0.3) is 17.1 Å². The molecule has 0 saturated carbocycles. The molecule has 1 saturated heterocycles. The Hall–Kier alpha value is -3.86. The molecule has 8 nitrogen and oxygen atoms in total. The van der Waals surface area contributed by atoms with Gasteiger partial charge in [-0.3, -0.25) is 15.2 Å². The Morgan fingerprint density at radius 2 is 1.87 bits per heavy atom. The van der Waals surface area contributed by atoms with Crippen molar-refractivity contribution in [1.29, 1.82) is 0 Å². The predicted octanol–water partition coefficient (Wildman–Crippen LogP) is 5.10. The number of rotatable bonds is 8. The molecule has 2 aromatic carbocycles. The molecule has 1 fully saturated rings. The van der Waals surface area contributed by atoms with Crippen molar-refractivity contribution in [2.45, 2.75) is 12.0 Å². The lowest BCUT2D eigenvalue weighted by Gasteiger charge is -2.21. The van der Waals surface area contributed by atoms with Crippen LogP contribution in [0.3, 0.4) is 0 Å². The van der Waals surface area contributed by atoms with E-state index >= 15 is 0 Å². The van der Waals surface area contributed by atoms with Crippen molar-refractivity contribution in [3.8, 4) is 17.1 Å². The van der Waals surface area contributed by atoms with Gasteiger partial charge in [0.05, 0.1) is 24.0 Å². The number of methoxy groups -OCH3 is 1. The van der Waals surface area contributed by atoms with Crippen LogP contribution in [0.2, 0.25) is 5.02 Å². The lowest BCUT2D eigenvalue weighted by molar-refractivity contribution is 0.159. The third-order valence-electron chi connectivity index (χ3n) is 6.66. The van der Waals surface area contributed by atoms with Crippen LogP contribution in [-0.4, -0.2) is 65.1 Å². The first-order valence-electron chi connectivity index (χ1n) is 12.4. The molecular weight excluding hydrogens is 526 g/mol. The van der Waals surface area contributed by atoms with E-state index in [1.165, 1.54) is 6.07 Å². The second-order valence-corrected chi connectivity index (χ2v) is 9.59. The number of halogens is 3. The predicted molar refractivity (Wildman–Crippen MR) is 145 cm³/mol. The molecule has 2 aromatic heterocycles. The van der Waals surface area contributed by atoms with Gasteiger partial charge in [0.1, 0.15) is 10.7 Å². The number of benzene rings is 2. The number of likely N-dealkylation sites (tertiary alicyclic amines) is 1. The van der Waals surface area contributed by atoms with E-state index in [9.17, 15) is 13.6 Å². The Morgan fingerprint density at radius 3 is 2.59 bits per heavy atom. The van der Waals surface area contributed by atoms with E-state index in [1.807, 2.05) is 36.4 Å². The fourth-order valence-electron chi connectivity index (χ4n) is 4.76. The van der Waals surface area contributed by atoms with E-state index in [0.717, 1.165) is 6.07 Å². The Balaban J connectivity index is 1.42. The van der Waals surface area contributed by atoms with Gasteiger partial charge in [-0.05, 0) is 42.0 Å². The fraction of sp³-hybridized carbons (Fsp3) is 0.250. The number of nitrogens with one attached hydrogen (secondary N) is 2. The quantitative estimate of drug-likeness (QED) is 0.318. The highest BCUT2D eigenvalue weighted by atomic mass is 35.5. The van der Waals surface area contributed by atoms with E-state index in [4.69, 9.17) is 16.3 Å². The van der Waals surface area contributed by atoms with Crippen molar-refractivity contribution in [2.75, 3.05) is 38.7 Å². The molecule has 4 aromatic rings. The fourth-order valence-corrected chi connectivity index (χ4v) is 5.02. The first kappa shape index (κ1) is 26.7. The van der Waals surface area contributed by atoms with Gasteiger partial charge in [0.25, 0.3) is 0 Å². The summed E-state index contributed by atoms with van der Waals surface area (Å²) in [6, 6.07) is 17.6. The van der Waals surface area contributed by atoms with Crippen LogP contribution in [0.5, 0.6) is 0 Å². The van der Waals surface area contributed by atoms with Crippen molar-refractivity contribution in [1.82, 2.24) is 25.0 Å². The number of hydrogen-bond donors (Lipinski definition) is 2. The van der Waals surface area contributed by atoms with Gasteiger partial charge in [0, 0.05) is 38.9 Å². The van der Waals surface area contributed by atoms with E-state index < -0.39 is 17.7 Å². The summed E-state index contributed by atoms with van der Waals surface area (Å²) in [5.41, 5.74) is 2.28. The van der Waals surface area contributed by atoms with E-state index in [1.54, 1.807) is 36.2 Å². The maximum absolute atomic E-state index is 14.1. The summed E-state index contributed by atoms with van der Waals surface area (Å²) >= 11 is 6.75. The van der Waals surface area contributed by atoms with Crippen LogP contribution >= 0.6 is 11.6 Å². The highest BCUT2D eigenvalue weighted by Gasteiger charge is 2.35. The summed E-state index contributed by atoms with van der Waals surface area (Å²) in [7, 11) is 1.62. The number of aromatic nitrogens is 3. The van der Waals surface area contributed by atoms with Crippen LogP contribution in [0.4, 0.5) is 19.4 Å². The molecule has 2 atom stereocenters. The topological polar surface area (TPSA) is 84.3 Å². The number of ether oxygens (including phenoxy) is 1. The number of urea groups is 1. The molecule has 39 heavy (non-hydrogen) atoms. The molecule has 0 bridgehead atoms. The smallest absolute Gasteiger partial charge is 0.320 e. The maximum Gasteiger partial charge on any atom is 0.320 e. The Morgan fingerprint density at radius 1 is 1.08 bits per heavy atom. The van der Waals surface area contributed by atoms with E-state index in [2.05, 4.69) is 25.6 Å². The summed E-state index contributed by atoms with van der Waals surface area (Å²) in [6.45, 7) is 2.19. The van der Waals surface area contributed by atoms with E-state index in [-0.39, 0.29) is 22.8 Å². The monoisotopic (exact) mass is 552 g/mol. The van der Waals surface area contributed by atoms with Crippen LogP contribution in [-0.2, 0) is 4.74 Å². The molecule has 0 radical (unpaired) electrons. The minimum Gasteiger partial charge on any atom is -0.383 e. The van der Waals surface area contributed by atoms with Gasteiger partial charge in [-0.2, -0.15) is 5.10 Å². The number of carbonyl (C=O) groups is 1. The first-order valence-corrected chi connectivity index (χ1v) is 12.8. The average molecular weight is 553 g/mol. The Kier molecular flexibility index (Phi) is 8.16. The molecule has 2 amide bonds. The van der Waals surface area contributed by atoms with Crippen molar-refractivity contribution < 1.29 is 18.3 Å². The minimum absolute atomic E-state index is 0.234. The number of pyridine rings is 1. The lowest BCUT2D eigenvalue weighted by Crippen LogP contribution is -2.42. The first-order chi connectivity index (χ1) is 18.9. The second kappa shape index (κ2) is 11.9. The van der Waals surface area contributed by atoms with Crippen molar-refractivity contribution in [2.24, 2.45) is 0 Å². The summed E-state index contributed by atoms with van der Waals surface area (Å²) in [6.07, 6.45) is 1.64. The molecule has 0 aliphatic carbocycles. The zero-order valence-electron chi connectivity index (χ0n) is 21.2. The van der Waals surface area contributed by atoms with Gasteiger partial charge in [-0.1, -0.05) is 41.9 Å². The van der Waals surface area contributed by atoms with E-state index in [0.29, 0.717) is 48.9 Å². The molecule has 1 aliphatic rings. The maximum atomic E-state index is 14.1. The normalized spacial score (nSPS) is 17.3. The molecule has 0 spiro atoms. The third kappa shape index (κ3) is 5.93. The molecule has 202 valence electrons. The third-order valence-corrected chi connectivity index (χ3v) is 7.02. The zero-order chi connectivity index (χ0) is 27.4. The van der Waals surface area contributed by atoms with Gasteiger partial charge in [-0.25, -0.2) is 18.3 Å². The molecule has 2 N–H and O–H groups in total. The Labute approximate surface area is 229 Å². The van der Waals surface area contributed by atoms with Gasteiger partial charge in [0.15, 0.2) is 17.5 Å². The van der Waals surface area contributed by atoms with Crippen molar-refractivity contribution >= 4 is 23.4 Å². The number of nitrogens with zero attached hydrogens (tertiary/aromatic N) is 4. The van der Waals surface area contributed by atoms with Gasteiger partial charge < -0.3 is 10.1 Å². The molecule has 1 aliphatic heterocycles. The molecule has 2 unspecified atom stereocenters. The summed E-state index contributed by atoms with van der Waals surface area (Å²) in [4.78, 5) is 19.8. The number of carbonyl (C=O) groups excluding carboxylic acids is 1. The minimum atomic E-state index is -0.924. The summed E-state index contributed by atoms with van der Waals surface area (Å²) in [5.74, 6) is -1.82. The molecule has 11 heteroatoms. The highest BCUT2D eigenvalue weighted by Crippen LogP contribution is 2.35. The molecular formula is C28H27ClF2N6O2. The largest absolute Gasteiger partial charge is 0.383 e. The number of hydrogen-bond acceptors (Lipinski definition) is 5. The van der Waals surface area contributed by atoms with Crippen LogP contribution in [0.15, 0.2) is 72.9 Å². The van der Waals surface area contributed by atoms with Gasteiger partial charge in [-0.15, -0.1) is 0 Å². The SMILES string of the molecule is COCCN1CC(NC(=O)Nc2c(Cl)c(-c3ccccn3)nn2-c2ccccc2)C(c2ccc(F)c(F)c2)C1. The number of anilines is 1. The van der Waals surface area contributed by atoms with Gasteiger partial charge in [0.2, 0.25) is 0 Å².